The number of anilines is 2. The summed E-state index contributed by atoms with van der Waals surface area (Å²) in [5.74, 6) is 0.371. The Balaban J connectivity index is 2.33. The Hall–Kier alpha value is -2.76. The molecule has 2 rings (SSSR count). The van der Waals surface area contributed by atoms with Crippen molar-refractivity contribution in [3.63, 3.8) is 0 Å². The van der Waals surface area contributed by atoms with Crippen LogP contribution < -0.4 is 14.8 Å². The molecule has 0 radical (unpaired) electrons. The molecule has 1 heterocycles. The number of carbonyl (C=O) groups is 1. The van der Waals surface area contributed by atoms with Gasteiger partial charge in [0.1, 0.15) is 11.4 Å². The highest BCUT2D eigenvalue weighted by Gasteiger charge is 2.11. The zero-order chi connectivity index (χ0) is 14.5. The molecule has 1 aromatic heterocycles. The smallest absolute Gasteiger partial charge is 0.339 e. The number of ether oxygens (including phenoxy) is 2. The normalized spacial score (nSPS) is 9.90. The van der Waals surface area contributed by atoms with Crippen LogP contribution in [-0.4, -0.2) is 30.3 Å². The van der Waals surface area contributed by atoms with E-state index in [4.69, 9.17) is 14.6 Å². The second kappa shape index (κ2) is 5.92. The predicted octanol–water partition coefficient (Wildman–Crippen LogP) is 2.54. The average molecular weight is 274 g/mol. The fourth-order valence-corrected chi connectivity index (χ4v) is 1.73. The largest absolute Gasteiger partial charge is 0.493 e. The van der Waals surface area contributed by atoms with Gasteiger partial charge in [-0.15, -0.1) is 0 Å². The van der Waals surface area contributed by atoms with Gasteiger partial charge in [0.25, 0.3) is 0 Å². The Labute approximate surface area is 116 Å². The minimum Gasteiger partial charge on any atom is -0.493 e. The number of carboxylic acid groups (broad SMARTS) is 1. The van der Waals surface area contributed by atoms with E-state index < -0.39 is 5.97 Å². The van der Waals surface area contributed by atoms with Gasteiger partial charge in [-0.3, -0.25) is 0 Å². The molecule has 0 unspecified atom stereocenters. The van der Waals surface area contributed by atoms with Crippen LogP contribution in [0.25, 0.3) is 0 Å². The molecule has 104 valence electrons. The van der Waals surface area contributed by atoms with Gasteiger partial charge in [-0.25, -0.2) is 9.78 Å². The van der Waals surface area contributed by atoms with Crippen molar-refractivity contribution < 1.29 is 19.4 Å². The minimum absolute atomic E-state index is 0.0993. The highest BCUT2D eigenvalue weighted by Crippen LogP contribution is 2.31. The summed E-state index contributed by atoms with van der Waals surface area (Å²) in [6.45, 7) is 0. The van der Waals surface area contributed by atoms with Crippen LogP contribution in [0.5, 0.6) is 11.5 Å². The Morgan fingerprint density at radius 3 is 2.60 bits per heavy atom. The lowest BCUT2D eigenvalue weighted by atomic mass is 10.2. The summed E-state index contributed by atoms with van der Waals surface area (Å²) in [7, 11) is 3.08. The molecule has 0 atom stereocenters. The molecule has 0 saturated carbocycles. The van der Waals surface area contributed by atoms with Crippen molar-refractivity contribution in [3.8, 4) is 11.5 Å². The fourth-order valence-electron chi connectivity index (χ4n) is 1.73. The van der Waals surface area contributed by atoms with Gasteiger partial charge >= 0.3 is 5.97 Å². The first-order valence-corrected chi connectivity index (χ1v) is 5.83. The Morgan fingerprint density at radius 1 is 1.20 bits per heavy atom. The van der Waals surface area contributed by atoms with Gasteiger partial charge in [-0.05, 0) is 24.3 Å². The lowest BCUT2D eigenvalue weighted by Gasteiger charge is -2.11. The van der Waals surface area contributed by atoms with E-state index in [1.165, 1.54) is 19.4 Å². The zero-order valence-electron chi connectivity index (χ0n) is 11.1. The number of methoxy groups -OCH3 is 2. The molecule has 2 N–H and O–H groups in total. The van der Waals surface area contributed by atoms with Crippen molar-refractivity contribution in [2.75, 3.05) is 19.5 Å². The monoisotopic (exact) mass is 274 g/mol. The van der Waals surface area contributed by atoms with E-state index in [1.807, 2.05) is 0 Å². The topological polar surface area (TPSA) is 80.7 Å². The first kappa shape index (κ1) is 13.7. The molecule has 0 aliphatic heterocycles. The summed E-state index contributed by atoms with van der Waals surface area (Å²) in [6.07, 6.45) is 1.52. The summed E-state index contributed by atoms with van der Waals surface area (Å²) in [4.78, 5) is 15.1. The Kier molecular flexibility index (Phi) is 4.05. The SMILES string of the molecule is COc1ccc(Nc2ncccc2C(=O)O)cc1OC. The van der Waals surface area contributed by atoms with E-state index in [1.54, 1.807) is 31.4 Å². The molecule has 0 aliphatic carbocycles. The van der Waals surface area contributed by atoms with Gasteiger partial charge in [0.15, 0.2) is 11.5 Å². The van der Waals surface area contributed by atoms with Crippen LogP contribution in [0.15, 0.2) is 36.5 Å². The molecule has 20 heavy (non-hydrogen) atoms. The molecule has 0 amide bonds. The standard InChI is InChI=1S/C14H14N2O4/c1-19-11-6-5-9(8-12(11)20-2)16-13-10(14(17)18)4-3-7-15-13/h3-8H,1-2H3,(H,15,16)(H,17,18). The van der Waals surface area contributed by atoms with Crippen LogP contribution in [0, 0.1) is 0 Å². The van der Waals surface area contributed by atoms with Crippen molar-refractivity contribution in [1.82, 2.24) is 4.98 Å². The fraction of sp³-hybridized carbons (Fsp3) is 0.143. The quantitative estimate of drug-likeness (QED) is 0.872. The number of aromatic nitrogens is 1. The van der Waals surface area contributed by atoms with Gasteiger partial charge in [-0.2, -0.15) is 0 Å². The molecule has 2 aromatic rings. The number of hydrogen-bond donors (Lipinski definition) is 2. The molecule has 1 aromatic carbocycles. The van der Waals surface area contributed by atoms with E-state index >= 15 is 0 Å². The second-order valence-corrected chi connectivity index (χ2v) is 3.90. The maximum atomic E-state index is 11.1. The van der Waals surface area contributed by atoms with Crippen molar-refractivity contribution in [1.29, 1.82) is 0 Å². The number of nitrogens with one attached hydrogen (secondary N) is 1. The molecule has 6 heteroatoms. The van der Waals surface area contributed by atoms with Crippen LogP contribution in [0.1, 0.15) is 10.4 Å². The van der Waals surface area contributed by atoms with E-state index in [0.717, 1.165) is 0 Å². The summed E-state index contributed by atoms with van der Waals surface area (Å²) in [5.41, 5.74) is 0.756. The summed E-state index contributed by atoms with van der Waals surface area (Å²) in [5, 5.41) is 12.1. The van der Waals surface area contributed by atoms with Crippen LogP contribution >= 0.6 is 0 Å². The van der Waals surface area contributed by atoms with Crippen LogP contribution in [0.2, 0.25) is 0 Å². The number of rotatable bonds is 5. The number of nitrogens with zero attached hydrogens (tertiary/aromatic N) is 1. The third-order valence-corrected chi connectivity index (χ3v) is 2.68. The molecular formula is C14H14N2O4. The van der Waals surface area contributed by atoms with Gasteiger partial charge in [-0.1, -0.05) is 0 Å². The first-order valence-electron chi connectivity index (χ1n) is 5.83. The molecule has 0 bridgehead atoms. The van der Waals surface area contributed by atoms with Crippen LogP contribution in [0.4, 0.5) is 11.5 Å². The van der Waals surface area contributed by atoms with Crippen molar-refractivity contribution >= 4 is 17.5 Å². The van der Waals surface area contributed by atoms with Gasteiger partial charge < -0.3 is 19.9 Å². The maximum absolute atomic E-state index is 11.1. The highest BCUT2D eigenvalue weighted by atomic mass is 16.5. The first-order chi connectivity index (χ1) is 9.65. The molecule has 0 aliphatic rings. The molecular weight excluding hydrogens is 260 g/mol. The molecule has 0 spiro atoms. The third kappa shape index (κ3) is 2.80. The Bertz CT molecular complexity index is 628. The summed E-state index contributed by atoms with van der Waals surface area (Å²) >= 11 is 0. The number of hydrogen-bond acceptors (Lipinski definition) is 5. The van der Waals surface area contributed by atoms with Crippen LogP contribution in [0.3, 0.4) is 0 Å². The molecule has 0 saturated heterocycles. The third-order valence-electron chi connectivity index (χ3n) is 2.68. The van der Waals surface area contributed by atoms with E-state index in [2.05, 4.69) is 10.3 Å². The van der Waals surface area contributed by atoms with E-state index in [0.29, 0.717) is 17.2 Å². The Morgan fingerprint density at radius 2 is 1.95 bits per heavy atom. The second-order valence-electron chi connectivity index (χ2n) is 3.90. The van der Waals surface area contributed by atoms with Crippen molar-refractivity contribution in [2.45, 2.75) is 0 Å². The lowest BCUT2D eigenvalue weighted by Crippen LogP contribution is -2.04. The molecule has 0 fully saturated rings. The van der Waals surface area contributed by atoms with Crippen LogP contribution in [-0.2, 0) is 0 Å². The van der Waals surface area contributed by atoms with Crippen molar-refractivity contribution in [2.24, 2.45) is 0 Å². The van der Waals surface area contributed by atoms with E-state index in [9.17, 15) is 4.79 Å². The lowest BCUT2D eigenvalue weighted by molar-refractivity contribution is 0.0697. The summed E-state index contributed by atoms with van der Waals surface area (Å²) in [6, 6.07) is 8.24. The van der Waals surface area contributed by atoms with E-state index in [-0.39, 0.29) is 11.4 Å². The number of carboxylic acids is 1. The number of pyridine rings is 1. The van der Waals surface area contributed by atoms with Crippen molar-refractivity contribution in [3.05, 3.63) is 42.1 Å². The van der Waals surface area contributed by atoms with Gasteiger partial charge in [0.2, 0.25) is 0 Å². The zero-order valence-corrected chi connectivity index (χ0v) is 11.1. The maximum Gasteiger partial charge on any atom is 0.339 e. The minimum atomic E-state index is -1.04. The average Bonchev–Trinajstić information content (AvgIpc) is 2.47. The van der Waals surface area contributed by atoms with Gasteiger partial charge in [0.05, 0.1) is 14.2 Å². The number of aromatic carboxylic acids is 1. The number of benzene rings is 1. The highest BCUT2D eigenvalue weighted by molar-refractivity contribution is 5.93. The summed E-state index contributed by atoms with van der Waals surface area (Å²) < 4.78 is 10.3. The van der Waals surface area contributed by atoms with Gasteiger partial charge in [0, 0.05) is 18.0 Å². The predicted molar refractivity (Wildman–Crippen MR) is 74.0 cm³/mol. The molecule has 6 nitrogen and oxygen atoms in total.